The summed E-state index contributed by atoms with van der Waals surface area (Å²) in [6.07, 6.45) is 0.269. The number of aliphatic carboxylic acids is 1. The summed E-state index contributed by atoms with van der Waals surface area (Å²) < 4.78 is 18.0. The van der Waals surface area contributed by atoms with Gasteiger partial charge in [-0.3, -0.25) is 4.79 Å². The van der Waals surface area contributed by atoms with Gasteiger partial charge in [-0.2, -0.15) is 0 Å². The van der Waals surface area contributed by atoms with Gasteiger partial charge in [0, 0.05) is 12.8 Å². The Morgan fingerprint density at radius 1 is 1.45 bits per heavy atom. The van der Waals surface area contributed by atoms with E-state index in [1.165, 1.54) is 0 Å². The molecular weight excluding hydrogens is 151 g/mol. The third-order valence-electron chi connectivity index (χ3n) is 2.50. The van der Waals surface area contributed by atoms with Crippen LogP contribution in [0, 0.1) is 5.41 Å². The van der Waals surface area contributed by atoms with Gasteiger partial charge in [0.1, 0.15) is 5.67 Å². The number of alkyl halides is 1. The quantitative estimate of drug-likeness (QED) is 0.610. The highest BCUT2D eigenvalue weighted by Gasteiger charge is 2.63. The molecule has 62 valence electrons. The van der Waals surface area contributed by atoms with Crippen molar-refractivity contribution in [2.24, 2.45) is 5.41 Å². The number of carboxylic acids is 1. The molecular formula is C7H9FO3. The second-order valence-corrected chi connectivity index (χ2v) is 3.58. The van der Waals surface area contributed by atoms with E-state index >= 15 is 0 Å². The molecule has 3 aliphatic rings. The van der Waals surface area contributed by atoms with Gasteiger partial charge in [0.15, 0.2) is 0 Å². The molecule has 4 heteroatoms. The predicted octanol–water partition coefficient (Wildman–Crippen LogP) is 0.590. The Labute approximate surface area is 63.2 Å². The number of carbonyl (C=O) groups is 1. The minimum absolute atomic E-state index is 0.0715. The normalized spacial score (nSPS) is 48.1. The highest BCUT2D eigenvalue weighted by molar-refractivity contribution is 5.77. The fourth-order valence-corrected chi connectivity index (χ4v) is 2.01. The lowest BCUT2D eigenvalue weighted by Gasteiger charge is -2.52. The first-order valence-electron chi connectivity index (χ1n) is 3.57. The molecule has 1 N–H and O–H groups in total. The molecule has 3 nitrogen and oxygen atoms in total. The molecule has 0 amide bonds. The Morgan fingerprint density at radius 3 is 2.45 bits per heavy atom. The number of halogens is 1. The number of carboxylic acid groups (broad SMARTS) is 1. The Kier molecular flexibility index (Phi) is 1.12. The maximum Gasteiger partial charge on any atom is 0.312 e. The first-order valence-corrected chi connectivity index (χ1v) is 3.57. The van der Waals surface area contributed by atoms with Crippen molar-refractivity contribution in [2.75, 3.05) is 13.2 Å². The summed E-state index contributed by atoms with van der Waals surface area (Å²) in [6, 6.07) is 0. The van der Waals surface area contributed by atoms with Crippen LogP contribution in [0.4, 0.5) is 4.39 Å². The van der Waals surface area contributed by atoms with E-state index in [9.17, 15) is 9.18 Å². The monoisotopic (exact) mass is 160 g/mol. The van der Waals surface area contributed by atoms with E-state index < -0.39 is 17.1 Å². The molecule has 3 rings (SSSR count). The average Bonchev–Trinajstić information content (AvgIpc) is 1.85. The smallest absolute Gasteiger partial charge is 0.312 e. The minimum atomic E-state index is -1.34. The van der Waals surface area contributed by atoms with Crippen molar-refractivity contribution in [3.8, 4) is 0 Å². The van der Waals surface area contributed by atoms with E-state index in [1.807, 2.05) is 0 Å². The Morgan fingerprint density at radius 2 is 2.09 bits per heavy atom. The van der Waals surface area contributed by atoms with Crippen molar-refractivity contribution < 1.29 is 19.0 Å². The molecule has 0 radical (unpaired) electrons. The molecule has 11 heavy (non-hydrogen) atoms. The molecule has 0 spiro atoms. The molecule has 1 aliphatic carbocycles. The van der Waals surface area contributed by atoms with E-state index in [1.54, 1.807) is 0 Å². The van der Waals surface area contributed by atoms with Crippen LogP contribution in [-0.2, 0) is 9.53 Å². The number of fused-ring (bicyclic) bond motifs is 2. The maximum atomic E-state index is 13.2. The third-order valence-corrected chi connectivity index (χ3v) is 2.50. The van der Waals surface area contributed by atoms with Gasteiger partial charge in [0.05, 0.1) is 18.6 Å². The van der Waals surface area contributed by atoms with Crippen LogP contribution in [-0.4, -0.2) is 30.0 Å². The van der Waals surface area contributed by atoms with Crippen molar-refractivity contribution in [2.45, 2.75) is 18.5 Å². The van der Waals surface area contributed by atoms with Crippen LogP contribution in [0.1, 0.15) is 12.8 Å². The molecule has 3 fully saturated rings. The molecule has 0 aromatic rings. The Balaban J connectivity index is 2.16. The van der Waals surface area contributed by atoms with Crippen LogP contribution in [0.5, 0.6) is 0 Å². The predicted molar refractivity (Wildman–Crippen MR) is 34.0 cm³/mol. The van der Waals surface area contributed by atoms with Gasteiger partial charge in [-0.1, -0.05) is 0 Å². The number of rotatable bonds is 1. The van der Waals surface area contributed by atoms with Crippen molar-refractivity contribution in [3.05, 3.63) is 0 Å². The topological polar surface area (TPSA) is 46.5 Å². The van der Waals surface area contributed by atoms with Gasteiger partial charge < -0.3 is 9.84 Å². The highest BCUT2D eigenvalue weighted by Crippen LogP contribution is 2.54. The third kappa shape index (κ3) is 0.788. The fraction of sp³-hybridized carbons (Fsp3) is 0.857. The summed E-state index contributed by atoms with van der Waals surface area (Å²) in [6.45, 7) is 0.246. The molecule has 2 heterocycles. The van der Waals surface area contributed by atoms with Gasteiger partial charge in [-0.15, -0.1) is 0 Å². The van der Waals surface area contributed by atoms with Crippen LogP contribution >= 0.6 is 0 Å². The first kappa shape index (κ1) is 7.03. The SMILES string of the molecule is O=C(O)C12COCC(F)(C1)C2. The van der Waals surface area contributed by atoms with E-state index in [0.29, 0.717) is 0 Å². The van der Waals surface area contributed by atoms with E-state index in [2.05, 4.69) is 0 Å². The molecule has 0 atom stereocenters. The lowest BCUT2D eigenvalue weighted by molar-refractivity contribution is -0.216. The van der Waals surface area contributed by atoms with Crippen LogP contribution in [0.25, 0.3) is 0 Å². The van der Waals surface area contributed by atoms with E-state index in [0.717, 1.165) is 0 Å². The molecule has 0 aromatic heterocycles. The lowest BCUT2D eigenvalue weighted by Crippen LogP contribution is -2.62. The van der Waals surface area contributed by atoms with Gasteiger partial charge in [0.25, 0.3) is 0 Å². The van der Waals surface area contributed by atoms with E-state index in [-0.39, 0.29) is 26.1 Å². The zero-order chi connectivity index (χ0) is 8.11. The number of hydrogen-bond acceptors (Lipinski definition) is 2. The van der Waals surface area contributed by atoms with Crippen molar-refractivity contribution in [1.29, 1.82) is 0 Å². The first-order chi connectivity index (χ1) is 5.06. The number of ether oxygens (including phenoxy) is 1. The van der Waals surface area contributed by atoms with Gasteiger partial charge >= 0.3 is 5.97 Å². The molecule has 0 unspecified atom stereocenters. The largest absolute Gasteiger partial charge is 0.481 e. The van der Waals surface area contributed by atoms with Crippen molar-refractivity contribution in [3.63, 3.8) is 0 Å². The molecule has 1 saturated carbocycles. The average molecular weight is 160 g/mol. The van der Waals surface area contributed by atoms with E-state index in [4.69, 9.17) is 9.84 Å². The Hall–Kier alpha value is -0.640. The zero-order valence-corrected chi connectivity index (χ0v) is 5.97. The molecule has 2 saturated heterocycles. The van der Waals surface area contributed by atoms with Crippen LogP contribution < -0.4 is 0 Å². The molecule has 0 aromatic carbocycles. The van der Waals surface area contributed by atoms with Crippen LogP contribution in [0.2, 0.25) is 0 Å². The maximum absolute atomic E-state index is 13.2. The summed E-state index contributed by atoms with van der Waals surface area (Å²) in [7, 11) is 0. The fourth-order valence-electron chi connectivity index (χ4n) is 2.01. The minimum Gasteiger partial charge on any atom is -0.481 e. The second kappa shape index (κ2) is 1.75. The van der Waals surface area contributed by atoms with Gasteiger partial charge in [0.2, 0.25) is 0 Å². The van der Waals surface area contributed by atoms with Crippen LogP contribution in [0.3, 0.4) is 0 Å². The highest BCUT2D eigenvalue weighted by atomic mass is 19.1. The molecule has 2 aliphatic heterocycles. The zero-order valence-electron chi connectivity index (χ0n) is 5.97. The summed E-state index contributed by atoms with van der Waals surface area (Å²) in [5.74, 6) is -0.925. The Bertz CT molecular complexity index is 208. The van der Waals surface area contributed by atoms with Crippen molar-refractivity contribution >= 4 is 5.97 Å². The summed E-state index contributed by atoms with van der Waals surface area (Å²) >= 11 is 0. The second-order valence-electron chi connectivity index (χ2n) is 3.58. The van der Waals surface area contributed by atoms with Crippen LogP contribution in [0.15, 0.2) is 0 Å². The summed E-state index contributed by atoms with van der Waals surface area (Å²) in [4.78, 5) is 10.6. The van der Waals surface area contributed by atoms with Crippen molar-refractivity contribution in [1.82, 2.24) is 0 Å². The standard InChI is InChI=1S/C7H9FO3/c8-7-1-6(2-7,5(9)10)3-11-4-7/h1-4H2,(H,9,10). The molecule has 2 bridgehead atoms. The summed E-state index contributed by atoms with van der Waals surface area (Å²) in [5.41, 5.74) is -2.23. The number of hydrogen-bond donors (Lipinski definition) is 1. The van der Waals surface area contributed by atoms with Gasteiger partial charge in [-0.25, -0.2) is 4.39 Å². The summed E-state index contributed by atoms with van der Waals surface area (Å²) in [5, 5.41) is 8.70. The lowest BCUT2D eigenvalue weighted by atomic mass is 9.59. The van der Waals surface area contributed by atoms with Gasteiger partial charge in [-0.05, 0) is 0 Å².